The van der Waals surface area contributed by atoms with Crippen molar-refractivity contribution in [1.29, 1.82) is 0 Å². The van der Waals surface area contributed by atoms with Crippen LogP contribution in [0.4, 0.5) is 11.4 Å². The van der Waals surface area contributed by atoms with Crippen LogP contribution < -0.4 is 15.9 Å². The summed E-state index contributed by atoms with van der Waals surface area (Å²) in [5.41, 5.74) is 8.33. The number of nitrogens with one attached hydrogen (secondary N) is 2. The van der Waals surface area contributed by atoms with E-state index in [1.165, 1.54) is 11.9 Å². The van der Waals surface area contributed by atoms with Crippen molar-refractivity contribution < 1.29 is 9.59 Å². The molecule has 6 heteroatoms. The van der Waals surface area contributed by atoms with E-state index in [0.29, 0.717) is 22.6 Å². The first-order valence-electron chi connectivity index (χ1n) is 7.36. The topological polar surface area (TPSA) is 73.8 Å². The number of anilines is 2. The van der Waals surface area contributed by atoms with Crippen molar-refractivity contribution in [1.82, 2.24) is 5.43 Å². The summed E-state index contributed by atoms with van der Waals surface area (Å²) in [4.78, 5) is 23.7. The first kappa shape index (κ1) is 15.5. The van der Waals surface area contributed by atoms with Crippen molar-refractivity contribution in [2.75, 3.05) is 10.4 Å². The van der Waals surface area contributed by atoms with Crippen LogP contribution in [-0.4, -0.2) is 17.4 Å². The number of ketones is 1. The number of hydrogen-bond donors (Lipinski definition) is 2. The minimum atomic E-state index is -0.293. The van der Waals surface area contributed by atoms with Gasteiger partial charge in [-0.1, -0.05) is 24.8 Å². The van der Waals surface area contributed by atoms with Gasteiger partial charge in [-0.3, -0.25) is 20.4 Å². The summed E-state index contributed by atoms with van der Waals surface area (Å²) in [5, 5.41) is 5.52. The fourth-order valence-electron chi connectivity index (χ4n) is 2.25. The molecule has 1 heterocycles. The average Bonchev–Trinajstić information content (AvgIpc) is 2.88. The van der Waals surface area contributed by atoms with E-state index in [9.17, 15) is 9.59 Å². The smallest absolute Gasteiger partial charge is 0.295 e. The molecule has 0 unspecified atom stereocenters. The zero-order valence-corrected chi connectivity index (χ0v) is 13.1. The van der Waals surface area contributed by atoms with Crippen molar-refractivity contribution in [2.24, 2.45) is 5.10 Å². The Morgan fingerprint density at radius 2 is 1.79 bits per heavy atom. The van der Waals surface area contributed by atoms with Gasteiger partial charge in [0.1, 0.15) is 0 Å². The van der Waals surface area contributed by atoms with Gasteiger partial charge in [0, 0.05) is 5.56 Å². The number of nitrogens with zero attached hydrogens (tertiary/aromatic N) is 2. The molecule has 24 heavy (non-hydrogen) atoms. The Hall–Kier alpha value is -3.41. The van der Waals surface area contributed by atoms with Crippen LogP contribution in [0.25, 0.3) is 0 Å². The zero-order chi connectivity index (χ0) is 17.1. The lowest BCUT2D eigenvalue weighted by atomic mass is 10.1. The fourth-order valence-corrected chi connectivity index (χ4v) is 2.25. The third-order valence-corrected chi connectivity index (χ3v) is 3.54. The van der Waals surface area contributed by atoms with E-state index in [1.807, 2.05) is 30.3 Å². The molecule has 0 spiro atoms. The maximum atomic E-state index is 12.5. The van der Waals surface area contributed by atoms with Gasteiger partial charge in [0.25, 0.3) is 5.91 Å². The molecule has 2 aromatic rings. The van der Waals surface area contributed by atoms with Gasteiger partial charge in [0.05, 0.1) is 17.1 Å². The normalized spacial score (nSPS) is 15.5. The summed E-state index contributed by atoms with van der Waals surface area (Å²) in [7, 11) is 0. The van der Waals surface area contributed by atoms with Crippen LogP contribution in [0, 0.1) is 0 Å². The summed E-state index contributed by atoms with van der Waals surface area (Å²) >= 11 is 0. The van der Waals surface area contributed by atoms with Gasteiger partial charge in [-0.05, 0) is 43.3 Å². The monoisotopic (exact) mass is 320 g/mol. The summed E-state index contributed by atoms with van der Waals surface area (Å²) in [6, 6.07) is 16.0. The quantitative estimate of drug-likeness (QED) is 0.671. The average molecular weight is 320 g/mol. The van der Waals surface area contributed by atoms with E-state index in [2.05, 4.69) is 22.5 Å². The van der Waals surface area contributed by atoms with Gasteiger partial charge in [-0.25, -0.2) is 5.01 Å². The Labute approximate surface area is 139 Å². The van der Waals surface area contributed by atoms with Crippen molar-refractivity contribution in [2.45, 2.75) is 6.92 Å². The molecular weight excluding hydrogens is 304 g/mol. The third kappa shape index (κ3) is 3.03. The van der Waals surface area contributed by atoms with Gasteiger partial charge >= 0.3 is 0 Å². The highest BCUT2D eigenvalue weighted by molar-refractivity contribution is 6.51. The van der Waals surface area contributed by atoms with Crippen LogP contribution in [0.15, 0.2) is 72.0 Å². The minimum absolute atomic E-state index is 0.00471. The summed E-state index contributed by atoms with van der Waals surface area (Å²) < 4.78 is 0. The van der Waals surface area contributed by atoms with E-state index in [-0.39, 0.29) is 17.4 Å². The zero-order valence-electron chi connectivity index (χ0n) is 13.1. The van der Waals surface area contributed by atoms with Gasteiger partial charge < -0.3 is 0 Å². The molecular formula is C18H16N4O2. The number of Topliss-reactive ketones (excluding diaryl/α,β-unsaturated/α-hetero) is 1. The summed E-state index contributed by atoms with van der Waals surface area (Å²) in [5.74, 6) is -0.297. The largest absolute Gasteiger partial charge is 0.299 e. The highest BCUT2D eigenvalue weighted by Crippen LogP contribution is 2.18. The second-order valence-corrected chi connectivity index (χ2v) is 5.27. The van der Waals surface area contributed by atoms with Crippen LogP contribution >= 0.6 is 0 Å². The number of rotatable bonds is 4. The number of hydrogen-bond acceptors (Lipinski definition) is 5. The maximum Gasteiger partial charge on any atom is 0.299 e. The minimum Gasteiger partial charge on any atom is -0.295 e. The van der Waals surface area contributed by atoms with E-state index in [4.69, 9.17) is 0 Å². The van der Waals surface area contributed by atoms with Gasteiger partial charge in [0.15, 0.2) is 11.5 Å². The lowest BCUT2D eigenvalue weighted by Crippen LogP contribution is -2.34. The Morgan fingerprint density at radius 3 is 2.42 bits per heavy atom. The Morgan fingerprint density at radius 1 is 1.12 bits per heavy atom. The number of carbonyl (C=O) groups is 2. The van der Waals surface area contributed by atoms with Crippen molar-refractivity contribution >= 4 is 28.8 Å². The fraction of sp³-hybridized carbons (Fsp3) is 0.0556. The molecule has 120 valence electrons. The Kier molecular flexibility index (Phi) is 4.11. The third-order valence-electron chi connectivity index (χ3n) is 3.54. The highest BCUT2D eigenvalue weighted by Gasteiger charge is 2.32. The molecule has 0 atom stereocenters. The Bertz CT molecular complexity index is 826. The lowest BCUT2D eigenvalue weighted by molar-refractivity contribution is -0.112. The molecule has 0 aliphatic carbocycles. The lowest BCUT2D eigenvalue weighted by Gasteiger charge is -2.14. The number of carbonyl (C=O) groups excluding carboxylic acids is 2. The van der Waals surface area contributed by atoms with E-state index in [0.717, 1.165) is 0 Å². The molecule has 0 aromatic heterocycles. The standard InChI is InChI=1S/C18H16N4O2/c1-12-17(18(24)22(21-12)16-6-4-3-5-7-16)20-19-15-10-8-14(9-11-15)13(2)23/h3-11,19,21H,1H2,2H3. The number of hydrazone groups is 1. The first-order chi connectivity index (χ1) is 11.6. The molecule has 2 aromatic carbocycles. The molecule has 1 saturated heterocycles. The molecule has 1 fully saturated rings. The number of amides is 1. The molecule has 1 aliphatic heterocycles. The van der Waals surface area contributed by atoms with Gasteiger partial charge in [-0.2, -0.15) is 5.10 Å². The van der Waals surface area contributed by atoms with Crippen LogP contribution in [-0.2, 0) is 4.79 Å². The SMILES string of the molecule is C=C1NN(c2ccccc2)C(=O)C1=NNc1ccc(C(C)=O)cc1. The maximum absolute atomic E-state index is 12.5. The summed E-state index contributed by atoms with van der Waals surface area (Å²) in [6.07, 6.45) is 0. The molecule has 0 saturated carbocycles. The van der Waals surface area contributed by atoms with Crippen molar-refractivity contribution in [3.05, 3.63) is 72.4 Å². The van der Waals surface area contributed by atoms with E-state index in [1.54, 1.807) is 24.3 Å². The first-order valence-corrected chi connectivity index (χ1v) is 7.36. The van der Waals surface area contributed by atoms with Crippen LogP contribution in [0.3, 0.4) is 0 Å². The number of para-hydroxylation sites is 1. The highest BCUT2D eigenvalue weighted by atomic mass is 16.2. The van der Waals surface area contributed by atoms with Crippen molar-refractivity contribution in [3.63, 3.8) is 0 Å². The molecule has 0 radical (unpaired) electrons. The predicted octanol–water partition coefficient (Wildman–Crippen LogP) is 2.72. The van der Waals surface area contributed by atoms with Gasteiger partial charge in [0.2, 0.25) is 0 Å². The number of benzene rings is 2. The second-order valence-electron chi connectivity index (χ2n) is 5.27. The predicted molar refractivity (Wildman–Crippen MR) is 93.7 cm³/mol. The molecule has 3 rings (SSSR count). The summed E-state index contributed by atoms with van der Waals surface area (Å²) in [6.45, 7) is 5.33. The van der Waals surface area contributed by atoms with E-state index < -0.39 is 0 Å². The van der Waals surface area contributed by atoms with E-state index >= 15 is 0 Å². The van der Waals surface area contributed by atoms with Crippen LogP contribution in [0.1, 0.15) is 17.3 Å². The second kappa shape index (κ2) is 6.37. The Balaban J connectivity index is 1.76. The molecule has 1 amide bonds. The molecule has 1 aliphatic rings. The van der Waals surface area contributed by atoms with Crippen LogP contribution in [0.5, 0.6) is 0 Å². The number of hydrazine groups is 1. The molecule has 0 bridgehead atoms. The van der Waals surface area contributed by atoms with Crippen molar-refractivity contribution in [3.8, 4) is 0 Å². The van der Waals surface area contributed by atoms with Crippen LogP contribution in [0.2, 0.25) is 0 Å². The molecule has 6 nitrogen and oxygen atoms in total. The van der Waals surface area contributed by atoms with Gasteiger partial charge in [-0.15, -0.1) is 0 Å². The molecule has 2 N–H and O–H groups in total.